The maximum atomic E-state index is 12.4. The van der Waals surface area contributed by atoms with E-state index in [0.717, 1.165) is 22.3 Å². The van der Waals surface area contributed by atoms with Gasteiger partial charge in [-0.1, -0.05) is 30.3 Å². The van der Waals surface area contributed by atoms with E-state index < -0.39 is 28.8 Å². The summed E-state index contributed by atoms with van der Waals surface area (Å²) in [6.07, 6.45) is 0. The Morgan fingerprint density at radius 1 is 0.490 bits per heavy atom. The van der Waals surface area contributed by atoms with Gasteiger partial charge in [0.05, 0.1) is 73.6 Å². The van der Waals surface area contributed by atoms with Crippen molar-refractivity contribution < 1.29 is 91.0 Å². The van der Waals surface area contributed by atoms with E-state index in [4.69, 9.17) is 49.0 Å². The highest BCUT2D eigenvalue weighted by atomic mass is 16.6. The van der Waals surface area contributed by atoms with Gasteiger partial charge in [-0.15, -0.1) is 0 Å². The summed E-state index contributed by atoms with van der Waals surface area (Å²) in [6.45, 7) is 23.2. The molecule has 0 fully saturated rings. The lowest BCUT2D eigenvalue weighted by Crippen LogP contribution is -2.24. The fourth-order valence-electron chi connectivity index (χ4n) is 10.4. The van der Waals surface area contributed by atoms with Crippen molar-refractivity contribution in [1.29, 1.82) is 0 Å². The van der Waals surface area contributed by atoms with E-state index >= 15 is 0 Å². The summed E-state index contributed by atoms with van der Waals surface area (Å²) in [7, 11) is 5.09. The number of nitrogen functional groups attached to an aromatic ring is 2. The minimum absolute atomic E-state index is 0.0398. The Morgan fingerprint density at radius 2 is 0.971 bits per heavy atom. The van der Waals surface area contributed by atoms with Crippen molar-refractivity contribution in [3.63, 3.8) is 0 Å². The first kappa shape index (κ1) is 76.8. The Balaban J connectivity index is 0.000000194. The lowest BCUT2D eigenvalue weighted by atomic mass is 9.90. The highest BCUT2D eigenvalue weighted by Crippen LogP contribution is 2.48. The standard InChI is InChI=1S/C26H27NO7.C17H19NO5.C17H17NO5.C17H15NO4/c1-6-32-23-16(2)17(3)24(33-15-19-10-8-7-9-11-19)25(18(23)4)34-22-14-20(26(28)31-5)12-13-21(22)27(29)30;2*1-8-9(2)15(20)16(10(3)14(8)19)23-13-7-11(17(21)22-4)5-6-12(13)18;1-8-9(2)15(19)10(3)16-14(8)18-12-6-5-11(17(20)21-4)7-13(12)22-16/h7-14H,6,15H2,1-5H3;5-7,19-20H,18H2,1-4H3;5-7H,18H2,1-4H3;5-7H,1-4H3. The molecule has 25 heteroatoms. The number of ketones is 2. The zero-order chi connectivity index (χ0) is 75.5. The number of fused-ring (bicyclic) bond motifs is 2. The molecular weight excluding hydrogens is 1320 g/mol. The molecule has 10 rings (SSSR count). The number of anilines is 2. The lowest BCUT2D eigenvalue weighted by molar-refractivity contribution is -0.385. The minimum atomic E-state index is -0.632. The van der Waals surface area contributed by atoms with E-state index in [-0.39, 0.29) is 109 Å². The molecule has 0 radical (unpaired) electrons. The number of carbonyl (C=O) groups excluding carboxylic acids is 6. The molecule has 0 bridgehead atoms. The van der Waals surface area contributed by atoms with Gasteiger partial charge in [-0.3, -0.25) is 24.5 Å². The molecule has 1 heterocycles. The van der Waals surface area contributed by atoms with Crippen LogP contribution in [0.4, 0.5) is 17.1 Å². The van der Waals surface area contributed by atoms with E-state index in [9.17, 15) is 53.9 Å². The lowest BCUT2D eigenvalue weighted by Gasteiger charge is -2.22. The quantitative estimate of drug-likeness (QED) is 0.0102. The van der Waals surface area contributed by atoms with Crippen LogP contribution in [-0.4, -0.2) is 90.6 Å². The van der Waals surface area contributed by atoms with Crippen LogP contribution in [0.2, 0.25) is 0 Å². The number of phenolic OH excluding ortho intramolecular Hbond substituents is 2. The Kier molecular flexibility index (Phi) is 24.8. The Labute approximate surface area is 587 Å². The minimum Gasteiger partial charge on any atom is -0.507 e. The molecule has 7 aromatic rings. The molecule has 1 aliphatic heterocycles. The van der Waals surface area contributed by atoms with Crippen molar-refractivity contribution in [2.75, 3.05) is 46.5 Å². The number of allylic oxidation sites excluding steroid dienone is 3. The van der Waals surface area contributed by atoms with Gasteiger partial charge in [0, 0.05) is 62.2 Å². The predicted octanol–water partition coefficient (Wildman–Crippen LogP) is 14.5. The van der Waals surface area contributed by atoms with Gasteiger partial charge >= 0.3 is 29.6 Å². The van der Waals surface area contributed by atoms with Crippen LogP contribution in [0.25, 0.3) is 22.6 Å². The van der Waals surface area contributed by atoms with Crippen LogP contribution in [0.5, 0.6) is 51.7 Å². The molecule has 532 valence electrons. The molecule has 0 aromatic heterocycles. The van der Waals surface area contributed by atoms with Crippen molar-refractivity contribution >= 4 is 63.6 Å². The van der Waals surface area contributed by atoms with Gasteiger partial charge in [0.2, 0.25) is 11.5 Å². The van der Waals surface area contributed by atoms with Crippen LogP contribution in [0, 0.1) is 72.4 Å². The summed E-state index contributed by atoms with van der Waals surface area (Å²) in [5, 5.41) is 32.1. The van der Waals surface area contributed by atoms with Gasteiger partial charge in [-0.25, -0.2) is 24.2 Å². The molecule has 7 aromatic carbocycles. The molecule has 0 saturated carbocycles. The monoisotopic (exact) mass is 1390 g/mol. The van der Waals surface area contributed by atoms with Gasteiger partial charge in [0.15, 0.2) is 62.8 Å². The second-order valence-electron chi connectivity index (χ2n) is 23.3. The van der Waals surface area contributed by atoms with E-state index in [0.29, 0.717) is 90.8 Å². The number of benzene rings is 8. The summed E-state index contributed by atoms with van der Waals surface area (Å²) >= 11 is 0. The number of carbonyl (C=O) groups is 6. The fourth-order valence-corrected chi connectivity index (χ4v) is 10.4. The van der Waals surface area contributed by atoms with Crippen LogP contribution in [0.3, 0.4) is 0 Å². The molecule has 2 aliphatic carbocycles. The molecule has 3 aliphatic rings. The number of ether oxygens (including phenoxy) is 9. The number of phenols is 2. The Bertz CT molecular complexity index is 4900. The van der Waals surface area contributed by atoms with Crippen molar-refractivity contribution in [2.24, 2.45) is 0 Å². The average molecular weight is 1400 g/mol. The number of nitrogens with two attached hydrogens (primary N) is 2. The highest BCUT2D eigenvalue weighted by molar-refractivity contribution is 6.24. The summed E-state index contributed by atoms with van der Waals surface area (Å²) in [5.41, 5.74) is 22.3. The molecule has 0 atom stereocenters. The number of aromatic hydroxyl groups is 2. The van der Waals surface area contributed by atoms with E-state index in [2.05, 4.69) is 14.5 Å². The molecule has 0 spiro atoms. The Morgan fingerprint density at radius 3 is 1.51 bits per heavy atom. The summed E-state index contributed by atoms with van der Waals surface area (Å²) in [6, 6.07) is 27.2. The van der Waals surface area contributed by atoms with Gasteiger partial charge in [0.25, 0.3) is 0 Å². The molecule has 0 saturated heterocycles. The smallest absolute Gasteiger partial charge is 0.337 e. The molecule has 6 N–H and O–H groups in total. The van der Waals surface area contributed by atoms with E-state index in [1.54, 1.807) is 73.6 Å². The second-order valence-corrected chi connectivity index (χ2v) is 23.3. The summed E-state index contributed by atoms with van der Waals surface area (Å²) < 4.78 is 54.0. The van der Waals surface area contributed by atoms with Crippen LogP contribution >= 0.6 is 0 Å². The summed E-state index contributed by atoms with van der Waals surface area (Å²) in [5.74, 6) is -0.796. The second kappa shape index (κ2) is 32.9. The van der Waals surface area contributed by atoms with Crippen LogP contribution in [0.1, 0.15) is 125 Å². The number of hydrogen-bond acceptors (Lipinski definition) is 24. The normalized spacial score (nSPS) is 11.7. The van der Waals surface area contributed by atoms with Crippen molar-refractivity contribution in [2.45, 2.75) is 96.6 Å². The number of nitro groups is 1. The van der Waals surface area contributed by atoms with E-state index in [1.807, 2.05) is 58.0 Å². The first-order valence-corrected chi connectivity index (χ1v) is 31.5. The SMILES string of the molecule is CCOc1c(C)c(C)c(OCc2ccccc2)c(Oc2cc(C(=O)OC)ccc2[N+](=O)[O-])c1C.COC(=O)c1ccc(N)c(OC2=C(C)C(=O)C(C)=C(C)C2=O)c1.COC(=O)c1ccc(N)c(Oc2c(C)c(O)c(C)c(C)c2O)c1.COC(=O)c1ccc2nc3c(C)c(C)c(=O)c(C)c-3oc2c1. The van der Waals surface area contributed by atoms with Gasteiger partial charge in [-0.2, -0.15) is 0 Å². The van der Waals surface area contributed by atoms with E-state index in [1.165, 1.54) is 90.0 Å². The largest absolute Gasteiger partial charge is 0.507 e. The van der Waals surface area contributed by atoms with Crippen LogP contribution in [0.15, 0.2) is 135 Å². The van der Waals surface area contributed by atoms with Gasteiger partial charge < -0.3 is 68.7 Å². The number of aromatic nitrogens is 1. The Hall–Kier alpha value is -12.5. The number of Topliss-reactive ketones (excluding diaryl/α,β-unsaturated/α-hetero) is 2. The van der Waals surface area contributed by atoms with Crippen LogP contribution in [-0.2, 0) is 35.1 Å². The maximum Gasteiger partial charge on any atom is 0.337 e. The molecular formula is C77H78N4O21. The van der Waals surface area contributed by atoms with Gasteiger partial charge in [0.1, 0.15) is 29.3 Å². The average Bonchev–Trinajstić information content (AvgIpc) is 0.757. The van der Waals surface area contributed by atoms with Crippen molar-refractivity contribution in [3.05, 3.63) is 224 Å². The molecule has 25 nitrogen and oxygen atoms in total. The summed E-state index contributed by atoms with van der Waals surface area (Å²) in [4.78, 5) is 99.2. The maximum absolute atomic E-state index is 12.4. The predicted molar refractivity (Wildman–Crippen MR) is 380 cm³/mol. The highest BCUT2D eigenvalue weighted by Gasteiger charge is 2.32. The topological polar surface area (TPSA) is 364 Å². The third-order valence-electron chi connectivity index (χ3n) is 17.0. The first-order valence-electron chi connectivity index (χ1n) is 31.5. The molecule has 0 amide bonds. The van der Waals surface area contributed by atoms with Gasteiger partial charge in [-0.05, 0) is 173 Å². The number of nitrogens with zero attached hydrogens (tertiary/aromatic N) is 2. The molecule has 0 unspecified atom stereocenters. The first-order chi connectivity index (χ1) is 48.3. The zero-order valence-corrected chi connectivity index (χ0v) is 59.4. The number of methoxy groups -OCH3 is 4. The fraction of sp³-hybridized carbons (Fsp3) is 0.247. The number of nitro benzene ring substituents is 1. The van der Waals surface area contributed by atoms with Crippen molar-refractivity contribution in [3.8, 4) is 63.2 Å². The number of esters is 4. The van der Waals surface area contributed by atoms with Crippen molar-refractivity contribution in [1.82, 2.24) is 4.98 Å². The third-order valence-corrected chi connectivity index (χ3v) is 17.0. The third kappa shape index (κ3) is 16.4. The van der Waals surface area contributed by atoms with Crippen LogP contribution < -0.4 is 40.6 Å². The molecule has 102 heavy (non-hydrogen) atoms. The zero-order valence-electron chi connectivity index (χ0n) is 59.4. The number of hydrogen-bond donors (Lipinski definition) is 4. The number of rotatable bonds is 16.